The lowest BCUT2D eigenvalue weighted by atomic mass is 10.2. The van der Waals surface area contributed by atoms with Crippen molar-refractivity contribution in [2.24, 2.45) is 0 Å². The topological polar surface area (TPSA) is 84.2 Å². The molecule has 0 atom stereocenters. The Morgan fingerprint density at radius 2 is 2.11 bits per heavy atom. The van der Waals surface area contributed by atoms with Gasteiger partial charge in [-0.05, 0) is 30.7 Å². The highest BCUT2D eigenvalue weighted by molar-refractivity contribution is 7.99. The fourth-order valence-corrected chi connectivity index (χ4v) is 2.30. The Balaban J connectivity index is 2.37. The van der Waals surface area contributed by atoms with Crippen LogP contribution < -0.4 is 16.4 Å². The van der Waals surface area contributed by atoms with E-state index >= 15 is 0 Å². The Hall–Kier alpha value is -1.69. The average Bonchev–Trinajstić information content (AvgIpc) is 2.31. The van der Waals surface area contributed by atoms with Crippen molar-refractivity contribution >= 4 is 29.4 Å². The summed E-state index contributed by atoms with van der Waals surface area (Å²) in [5.74, 6) is 0.336. The Kier molecular flexibility index (Phi) is 5.51. The summed E-state index contributed by atoms with van der Waals surface area (Å²) < 4.78 is 0. The van der Waals surface area contributed by atoms with Gasteiger partial charge < -0.3 is 11.1 Å². The molecule has 1 aromatic carbocycles. The van der Waals surface area contributed by atoms with Crippen LogP contribution in [0.1, 0.15) is 12.0 Å². The molecule has 0 unspecified atom stereocenters. The van der Waals surface area contributed by atoms with Crippen LogP contribution in [-0.4, -0.2) is 24.7 Å². The zero-order valence-electron chi connectivity index (χ0n) is 10.4. The van der Waals surface area contributed by atoms with E-state index in [0.717, 1.165) is 16.1 Å². The maximum atomic E-state index is 11.3. The average molecular weight is 267 g/mol. The van der Waals surface area contributed by atoms with Gasteiger partial charge in [-0.2, -0.15) is 0 Å². The van der Waals surface area contributed by atoms with Gasteiger partial charge in [0.1, 0.15) is 0 Å². The van der Waals surface area contributed by atoms with E-state index in [0.29, 0.717) is 12.2 Å². The van der Waals surface area contributed by atoms with Crippen LogP contribution in [0.5, 0.6) is 0 Å². The molecule has 0 heterocycles. The molecular formula is C12H17N3O2S. The summed E-state index contributed by atoms with van der Waals surface area (Å²) in [7, 11) is 1.47. The van der Waals surface area contributed by atoms with Crippen LogP contribution in [0.2, 0.25) is 0 Å². The fraction of sp³-hybridized carbons (Fsp3) is 0.333. The van der Waals surface area contributed by atoms with E-state index in [1.165, 1.54) is 7.05 Å². The number of carbonyl (C=O) groups is 2. The summed E-state index contributed by atoms with van der Waals surface area (Å²) in [6, 6.07) is 5.19. The van der Waals surface area contributed by atoms with Gasteiger partial charge in [0.05, 0.1) is 0 Å². The van der Waals surface area contributed by atoms with Gasteiger partial charge in [-0.15, -0.1) is 11.8 Å². The summed E-state index contributed by atoms with van der Waals surface area (Å²) in [4.78, 5) is 23.3. The Bertz CT molecular complexity index is 449. The molecule has 0 saturated carbocycles. The first-order valence-corrected chi connectivity index (χ1v) is 6.52. The minimum Gasteiger partial charge on any atom is -0.399 e. The molecule has 0 aliphatic heterocycles. The SMILES string of the molecule is CNC(=O)NC(=O)CCSc1ccc(N)cc1C. The van der Waals surface area contributed by atoms with Gasteiger partial charge >= 0.3 is 6.03 Å². The van der Waals surface area contributed by atoms with Gasteiger partial charge in [0.25, 0.3) is 0 Å². The molecule has 0 saturated heterocycles. The quantitative estimate of drug-likeness (QED) is 0.570. The van der Waals surface area contributed by atoms with E-state index in [1.807, 2.05) is 25.1 Å². The largest absolute Gasteiger partial charge is 0.399 e. The van der Waals surface area contributed by atoms with Gasteiger partial charge in [-0.25, -0.2) is 4.79 Å². The second-order valence-corrected chi connectivity index (χ2v) is 4.89. The number of hydrogen-bond acceptors (Lipinski definition) is 4. The van der Waals surface area contributed by atoms with Crippen LogP contribution in [0.25, 0.3) is 0 Å². The molecule has 1 aromatic rings. The molecule has 0 aliphatic rings. The second kappa shape index (κ2) is 6.90. The Morgan fingerprint density at radius 3 is 2.72 bits per heavy atom. The van der Waals surface area contributed by atoms with Crippen LogP contribution in [0.3, 0.4) is 0 Å². The van der Waals surface area contributed by atoms with Crippen molar-refractivity contribution in [1.82, 2.24) is 10.6 Å². The van der Waals surface area contributed by atoms with E-state index in [1.54, 1.807) is 11.8 Å². The number of nitrogens with two attached hydrogens (primary N) is 1. The van der Waals surface area contributed by atoms with E-state index in [9.17, 15) is 9.59 Å². The molecule has 4 N–H and O–H groups in total. The maximum Gasteiger partial charge on any atom is 0.321 e. The van der Waals surface area contributed by atoms with Crippen molar-refractivity contribution in [2.75, 3.05) is 18.5 Å². The molecule has 0 spiro atoms. The van der Waals surface area contributed by atoms with Gasteiger partial charge in [0, 0.05) is 29.8 Å². The van der Waals surface area contributed by atoms with Crippen LogP contribution in [0.15, 0.2) is 23.1 Å². The number of thioether (sulfide) groups is 1. The minimum atomic E-state index is -0.478. The molecule has 0 bridgehead atoms. The van der Waals surface area contributed by atoms with Crippen LogP contribution in [-0.2, 0) is 4.79 Å². The van der Waals surface area contributed by atoms with Crippen molar-refractivity contribution in [1.29, 1.82) is 0 Å². The first-order valence-electron chi connectivity index (χ1n) is 5.53. The van der Waals surface area contributed by atoms with E-state index in [4.69, 9.17) is 5.73 Å². The number of rotatable bonds is 4. The standard InChI is InChI=1S/C12H17N3O2S/c1-8-7-9(13)3-4-10(8)18-6-5-11(16)15-12(17)14-2/h3-4,7H,5-6,13H2,1-2H3,(H2,14,15,16,17). The predicted octanol–water partition coefficient (Wildman–Crippen LogP) is 1.52. The highest BCUT2D eigenvalue weighted by atomic mass is 32.2. The molecule has 0 aliphatic carbocycles. The number of amides is 3. The first kappa shape index (κ1) is 14.4. The zero-order valence-corrected chi connectivity index (χ0v) is 11.3. The minimum absolute atomic E-state index is 0.282. The normalized spacial score (nSPS) is 9.89. The number of hydrogen-bond donors (Lipinski definition) is 3. The summed E-state index contributed by atoms with van der Waals surface area (Å²) in [6.45, 7) is 1.98. The van der Waals surface area contributed by atoms with Crippen LogP contribution >= 0.6 is 11.8 Å². The molecule has 1 rings (SSSR count). The van der Waals surface area contributed by atoms with Crippen molar-refractivity contribution in [3.8, 4) is 0 Å². The van der Waals surface area contributed by atoms with E-state index in [2.05, 4.69) is 10.6 Å². The zero-order chi connectivity index (χ0) is 13.5. The Labute approximate surface area is 111 Å². The molecular weight excluding hydrogens is 250 g/mol. The number of carbonyl (C=O) groups excluding carboxylic acids is 2. The van der Waals surface area contributed by atoms with Gasteiger partial charge in [-0.1, -0.05) is 0 Å². The van der Waals surface area contributed by atoms with E-state index < -0.39 is 6.03 Å². The number of benzene rings is 1. The lowest BCUT2D eigenvalue weighted by Gasteiger charge is -2.06. The second-order valence-electron chi connectivity index (χ2n) is 3.75. The van der Waals surface area contributed by atoms with Crippen molar-refractivity contribution in [3.63, 3.8) is 0 Å². The third-order valence-corrected chi connectivity index (χ3v) is 3.44. The van der Waals surface area contributed by atoms with Gasteiger partial charge in [0.15, 0.2) is 0 Å². The van der Waals surface area contributed by atoms with Gasteiger partial charge in [-0.3, -0.25) is 10.1 Å². The monoisotopic (exact) mass is 267 g/mol. The smallest absolute Gasteiger partial charge is 0.321 e. The third kappa shape index (κ3) is 4.67. The number of nitrogens with one attached hydrogen (secondary N) is 2. The van der Waals surface area contributed by atoms with Crippen molar-refractivity contribution < 1.29 is 9.59 Å². The van der Waals surface area contributed by atoms with Crippen molar-refractivity contribution in [2.45, 2.75) is 18.2 Å². The lowest BCUT2D eigenvalue weighted by molar-refractivity contribution is -0.119. The summed E-state index contributed by atoms with van der Waals surface area (Å²) in [5.41, 5.74) is 7.48. The molecule has 0 aromatic heterocycles. The highest BCUT2D eigenvalue weighted by Gasteiger charge is 2.06. The Morgan fingerprint density at radius 1 is 1.39 bits per heavy atom. The molecule has 6 heteroatoms. The number of aryl methyl sites for hydroxylation is 1. The molecule has 0 fully saturated rings. The van der Waals surface area contributed by atoms with Crippen LogP contribution in [0, 0.1) is 6.92 Å². The molecule has 3 amide bonds. The van der Waals surface area contributed by atoms with Gasteiger partial charge in [0.2, 0.25) is 5.91 Å². The summed E-state index contributed by atoms with van der Waals surface area (Å²) in [5, 5.41) is 4.55. The lowest BCUT2D eigenvalue weighted by Crippen LogP contribution is -2.37. The number of nitrogen functional groups attached to an aromatic ring is 1. The molecule has 98 valence electrons. The number of anilines is 1. The third-order valence-electron chi connectivity index (χ3n) is 2.27. The fourth-order valence-electron chi connectivity index (χ4n) is 1.34. The van der Waals surface area contributed by atoms with E-state index in [-0.39, 0.29) is 5.91 Å². The summed E-state index contributed by atoms with van der Waals surface area (Å²) >= 11 is 1.57. The van der Waals surface area contributed by atoms with Crippen LogP contribution in [0.4, 0.5) is 10.5 Å². The number of imide groups is 1. The first-order chi connectivity index (χ1) is 8.52. The molecule has 18 heavy (non-hydrogen) atoms. The van der Waals surface area contributed by atoms with Crippen molar-refractivity contribution in [3.05, 3.63) is 23.8 Å². The molecule has 5 nitrogen and oxygen atoms in total. The number of urea groups is 1. The maximum absolute atomic E-state index is 11.3. The molecule has 0 radical (unpaired) electrons. The predicted molar refractivity (Wildman–Crippen MR) is 73.5 cm³/mol. The highest BCUT2D eigenvalue weighted by Crippen LogP contribution is 2.24. The summed E-state index contributed by atoms with van der Waals surface area (Å²) in [6.07, 6.45) is 0.294.